The molecule has 0 bridgehead atoms. The predicted molar refractivity (Wildman–Crippen MR) is 96.4 cm³/mol. The lowest BCUT2D eigenvalue weighted by Gasteiger charge is -2.01. The van der Waals surface area contributed by atoms with E-state index in [1.807, 2.05) is 29.9 Å². The van der Waals surface area contributed by atoms with E-state index in [0.29, 0.717) is 5.92 Å². The number of nitrogens with zero attached hydrogens (tertiary/aromatic N) is 2. The first kappa shape index (κ1) is 18.0. The molecule has 2 rings (SSSR count). The van der Waals surface area contributed by atoms with Gasteiger partial charge in [0, 0.05) is 12.4 Å². The molecule has 0 aliphatic carbocycles. The highest BCUT2D eigenvalue weighted by Gasteiger charge is 1.94. The van der Waals surface area contributed by atoms with Crippen LogP contribution in [0.2, 0.25) is 0 Å². The van der Waals surface area contributed by atoms with E-state index in [0.717, 1.165) is 12.1 Å². The zero-order valence-corrected chi connectivity index (χ0v) is 14.5. The summed E-state index contributed by atoms with van der Waals surface area (Å²) >= 11 is 0. The minimum Gasteiger partial charge on any atom is -0.241 e. The summed E-state index contributed by atoms with van der Waals surface area (Å²) in [5, 5.41) is 4.16. The lowest BCUT2D eigenvalue weighted by atomic mass is 10.1. The summed E-state index contributed by atoms with van der Waals surface area (Å²) in [5.74, 6) is 0.682. The van der Waals surface area contributed by atoms with E-state index < -0.39 is 0 Å². The molecule has 0 spiro atoms. The van der Waals surface area contributed by atoms with E-state index in [1.165, 1.54) is 11.1 Å². The third-order valence-corrected chi connectivity index (χ3v) is 3.58. The highest BCUT2D eigenvalue weighted by atomic mass is 15.3. The van der Waals surface area contributed by atoms with Gasteiger partial charge in [-0.25, -0.2) is 4.68 Å². The molecule has 2 heteroatoms. The molecule has 2 aromatic rings. The number of hydrogen-bond acceptors (Lipinski definition) is 1. The maximum absolute atomic E-state index is 4.16. The van der Waals surface area contributed by atoms with E-state index >= 15 is 0 Å². The molecule has 0 fully saturated rings. The van der Waals surface area contributed by atoms with Crippen LogP contribution in [0, 0.1) is 5.92 Å². The zero-order valence-electron chi connectivity index (χ0n) is 14.5. The topological polar surface area (TPSA) is 17.8 Å². The van der Waals surface area contributed by atoms with Gasteiger partial charge in [-0.1, -0.05) is 56.7 Å². The first-order chi connectivity index (χ1) is 10.6. The van der Waals surface area contributed by atoms with Crippen molar-refractivity contribution < 1.29 is 0 Å². The summed E-state index contributed by atoms with van der Waals surface area (Å²) in [6.07, 6.45) is 11.1. The maximum Gasteiger partial charge on any atom is 0.0645 e. The Morgan fingerprint density at radius 3 is 2.36 bits per heavy atom. The fourth-order valence-corrected chi connectivity index (χ4v) is 1.75. The van der Waals surface area contributed by atoms with Crippen LogP contribution in [0.15, 0.2) is 66.5 Å². The molecule has 22 heavy (non-hydrogen) atoms. The number of benzene rings is 1. The monoisotopic (exact) mass is 296 g/mol. The van der Waals surface area contributed by atoms with Crippen LogP contribution in [-0.2, 0) is 6.42 Å². The molecule has 0 atom stereocenters. The first-order valence-corrected chi connectivity index (χ1v) is 7.96. The van der Waals surface area contributed by atoms with Crippen LogP contribution >= 0.6 is 0 Å². The van der Waals surface area contributed by atoms with Gasteiger partial charge in [0.2, 0.25) is 0 Å². The third kappa shape index (κ3) is 6.13. The van der Waals surface area contributed by atoms with Gasteiger partial charge in [0.25, 0.3) is 0 Å². The van der Waals surface area contributed by atoms with Gasteiger partial charge in [0.05, 0.1) is 5.69 Å². The summed E-state index contributed by atoms with van der Waals surface area (Å²) in [4.78, 5) is 0. The van der Waals surface area contributed by atoms with Crippen LogP contribution in [0.3, 0.4) is 0 Å². The van der Waals surface area contributed by atoms with Crippen molar-refractivity contribution in [3.63, 3.8) is 0 Å². The normalized spacial score (nSPS) is 11.6. The molecule has 0 aliphatic rings. The lowest BCUT2D eigenvalue weighted by Crippen LogP contribution is -1.93. The van der Waals surface area contributed by atoms with Crippen molar-refractivity contribution in [2.75, 3.05) is 0 Å². The molecule has 0 saturated heterocycles. The van der Waals surface area contributed by atoms with Crippen LogP contribution in [0.4, 0.5) is 0 Å². The molecular formula is C20H28N2. The number of hydrogen-bond donors (Lipinski definition) is 0. The average Bonchev–Trinajstić information content (AvgIpc) is 3.07. The molecule has 0 N–H and O–H groups in total. The van der Waals surface area contributed by atoms with Crippen molar-refractivity contribution in [1.82, 2.24) is 9.78 Å². The fraction of sp³-hybridized carbons (Fsp3) is 0.350. The Morgan fingerprint density at radius 1 is 1.23 bits per heavy atom. The number of aryl methyl sites for hydroxylation is 1. The van der Waals surface area contributed by atoms with Crippen molar-refractivity contribution in [2.24, 2.45) is 5.92 Å². The van der Waals surface area contributed by atoms with Crippen molar-refractivity contribution in [3.8, 4) is 5.69 Å². The Balaban J connectivity index is 0.000000239. The Hall–Kier alpha value is -2.09. The minimum atomic E-state index is 0.682. The molecule has 0 saturated carbocycles. The van der Waals surface area contributed by atoms with Crippen LogP contribution < -0.4 is 0 Å². The molecule has 0 radical (unpaired) electrons. The lowest BCUT2D eigenvalue weighted by molar-refractivity contribution is 0.769. The average molecular weight is 296 g/mol. The molecule has 1 aromatic heterocycles. The fourth-order valence-electron chi connectivity index (χ4n) is 1.75. The maximum atomic E-state index is 4.16. The summed E-state index contributed by atoms with van der Waals surface area (Å²) in [6, 6.07) is 10.4. The Bertz CT molecular complexity index is 573. The summed E-state index contributed by atoms with van der Waals surface area (Å²) < 4.78 is 1.86. The van der Waals surface area contributed by atoms with Crippen LogP contribution in [0.25, 0.3) is 5.69 Å². The number of allylic oxidation sites excluding steroid dienone is 4. The minimum absolute atomic E-state index is 0.682. The van der Waals surface area contributed by atoms with Crippen LogP contribution in [0.1, 0.15) is 40.2 Å². The van der Waals surface area contributed by atoms with E-state index in [1.54, 1.807) is 6.20 Å². The molecule has 118 valence electrons. The number of rotatable bonds is 4. The Morgan fingerprint density at radius 2 is 1.91 bits per heavy atom. The van der Waals surface area contributed by atoms with Crippen LogP contribution in [-0.4, -0.2) is 9.78 Å². The Labute approximate surface area is 135 Å². The summed E-state index contributed by atoms with van der Waals surface area (Å²) in [6.45, 7) is 10.8. The second kappa shape index (κ2) is 9.78. The van der Waals surface area contributed by atoms with Gasteiger partial charge in [-0.3, -0.25) is 0 Å². The Kier molecular flexibility index (Phi) is 7.98. The highest BCUT2D eigenvalue weighted by molar-refractivity contribution is 5.33. The molecule has 0 unspecified atom stereocenters. The van der Waals surface area contributed by atoms with Gasteiger partial charge in [0.15, 0.2) is 0 Å². The van der Waals surface area contributed by atoms with Crippen molar-refractivity contribution in [2.45, 2.75) is 41.0 Å². The standard InChI is InChI=1S/C11H12N2.C9H16/c1-2-10-4-6-11(7-5-10)13-9-3-8-12-13;1-5-6-7-9(4)8(2)3/h3-9H,2H2,1H3;5-8H,1-4H3/b;6-5-,9-7+. The van der Waals surface area contributed by atoms with E-state index in [9.17, 15) is 0 Å². The second-order valence-electron chi connectivity index (χ2n) is 5.56. The van der Waals surface area contributed by atoms with Crippen LogP contribution in [0.5, 0.6) is 0 Å². The van der Waals surface area contributed by atoms with Gasteiger partial charge < -0.3 is 0 Å². The van der Waals surface area contributed by atoms with E-state index in [-0.39, 0.29) is 0 Å². The van der Waals surface area contributed by atoms with Crippen molar-refractivity contribution in [1.29, 1.82) is 0 Å². The first-order valence-electron chi connectivity index (χ1n) is 7.96. The summed E-state index contributed by atoms with van der Waals surface area (Å²) in [5.41, 5.74) is 3.91. The van der Waals surface area contributed by atoms with E-state index in [2.05, 4.69) is 69.2 Å². The van der Waals surface area contributed by atoms with Gasteiger partial charge >= 0.3 is 0 Å². The molecule has 0 amide bonds. The molecular weight excluding hydrogens is 268 g/mol. The predicted octanol–water partition coefficient (Wildman–Crippen LogP) is 5.60. The largest absolute Gasteiger partial charge is 0.241 e. The number of aromatic nitrogens is 2. The SMILES string of the molecule is C/C=C\C=C(/C)C(C)C.CCc1ccc(-n2cccn2)cc1. The van der Waals surface area contributed by atoms with E-state index in [4.69, 9.17) is 0 Å². The summed E-state index contributed by atoms with van der Waals surface area (Å²) in [7, 11) is 0. The molecule has 1 heterocycles. The van der Waals surface area contributed by atoms with Gasteiger partial charge in [-0.15, -0.1) is 0 Å². The third-order valence-electron chi connectivity index (χ3n) is 3.58. The van der Waals surface area contributed by atoms with Crippen molar-refractivity contribution in [3.05, 3.63) is 72.1 Å². The van der Waals surface area contributed by atoms with Gasteiger partial charge in [-0.05, 0) is 49.9 Å². The quantitative estimate of drug-likeness (QED) is 0.671. The zero-order chi connectivity index (χ0) is 16.4. The smallest absolute Gasteiger partial charge is 0.0645 e. The van der Waals surface area contributed by atoms with Gasteiger partial charge in [-0.2, -0.15) is 5.10 Å². The molecule has 1 aromatic carbocycles. The van der Waals surface area contributed by atoms with Crippen molar-refractivity contribution >= 4 is 0 Å². The highest BCUT2D eigenvalue weighted by Crippen LogP contribution is 2.08. The molecule has 2 nitrogen and oxygen atoms in total. The molecule has 0 aliphatic heterocycles. The van der Waals surface area contributed by atoms with Gasteiger partial charge in [0.1, 0.15) is 0 Å². The second-order valence-corrected chi connectivity index (χ2v) is 5.56.